The summed E-state index contributed by atoms with van der Waals surface area (Å²) in [5.41, 5.74) is 6.26. The molecule has 11 nitrogen and oxygen atoms in total. The van der Waals surface area contributed by atoms with E-state index in [1.807, 2.05) is 0 Å². The molecule has 0 spiro atoms. The van der Waals surface area contributed by atoms with E-state index in [0.29, 0.717) is 5.56 Å². The average molecular weight is 460 g/mol. The van der Waals surface area contributed by atoms with E-state index < -0.39 is 28.5 Å². The standard InChI is InChI=1S/C18H16N6O5S2/c19-12(10-7-30-18(20)21-10)14(25)22-13-15(26)24-5-11(31-16(13)24)17(27)29-6-8-1-3-9(23-28)4-2-8/h1-4,7,11,13,16,19H,5-6H2,(H2,20,21)(H,22,25)/t11?,13?,16-/m1/s1. The van der Waals surface area contributed by atoms with Gasteiger partial charge in [0.25, 0.3) is 5.91 Å². The Morgan fingerprint density at radius 2 is 2.10 bits per heavy atom. The third-order valence-electron chi connectivity index (χ3n) is 4.79. The summed E-state index contributed by atoms with van der Waals surface area (Å²) in [5.74, 6) is -1.52. The first-order valence-corrected chi connectivity index (χ1v) is 10.9. The van der Waals surface area contributed by atoms with Crippen molar-refractivity contribution in [1.82, 2.24) is 15.2 Å². The van der Waals surface area contributed by atoms with Crippen LogP contribution in [0.5, 0.6) is 0 Å². The van der Waals surface area contributed by atoms with Crippen molar-refractivity contribution in [1.29, 1.82) is 5.41 Å². The van der Waals surface area contributed by atoms with Gasteiger partial charge in [-0.3, -0.25) is 19.8 Å². The summed E-state index contributed by atoms with van der Waals surface area (Å²) in [5, 5.41) is 14.0. The van der Waals surface area contributed by atoms with Gasteiger partial charge in [-0.05, 0) is 22.9 Å². The molecule has 4 N–H and O–H groups in total. The van der Waals surface area contributed by atoms with Gasteiger partial charge in [-0.1, -0.05) is 12.1 Å². The SMILES string of the molecule is N=C(C(=O)NC1C(=O)N2CC(C(=O)OCc3ccc(N=O)cc3)S[C@H]12)c1csc(N)n1. The van der Waals surface area contributed by atoms with E-state index in [1.54, 1.807) is 12.1 Å². The maximum absolute atomic E-state index is 12.4. The Labute approximate surface area is 183 Å². The number of ether oxygens (including phenoxy) is 1. The average Bonchev–Trinajstić information content (AvgIpc) is 3.40. The zero-order chi connectivity index (χ0) is 22.1. The van der Waals surface area contributed by atoms with Crippen molar-refractivity contribution >= 4 is 57.4 Å². The van der Waals surface area contributed by atoms with Crippen molar-refractivity contribution in [2.24, 2.45) is 5.18 Å². The van der Waals surface area contributed by atoms with Gasteiger partial charge in [-0.2, -0.15) is 0 Å². The van der Waals surface area contributed by atoms with Gasteiger partial charge in [0.05, 0.1) is 0 Å². The number of hydrogen-bond donors (Lipinski definition) is 3. The zero-order valence-electron chi connectivity index (χ0n) is 15.8. The molecule has 160 valence electrons. The molecule has 2 aromatic rings. The smallest absolute Gasteiger partial charge is 0.321 e. The molecule has 3 heterocycles. The van der Waals surface area contributed by atoms with Crippen molar-refractivity contribution in [2.45, 2.75) is 23.3 Å². The molecule has 31 heavy (non-hydrogen) atoms. The van der Waals surface area contributed by atoms with Gasteiger partial charge >= 0.3 is 5.97 Å². The van der Waals surface area contributed by atoms with E-state index in [-0.39, 0.29) is 41.3 Å². The van der Waals surface area contributed by atoms with Crippen LogP contribution in [0.15, 0.2) is 34.8 Å². The highest BCUT2D eigenvalue weighted by molar-refractivity contribution is 8.01. The van der Waals surface area contributed by atoms with Crippen LogP contribution in [0.1, 0.15) is 11.3 Å². The van der Waals surface area contributed by atoms with E-state index in [4.69, 9.17) is 15.9 Å². The van der Waals surface area contributed by atoms with Crippen molar-refractivity contribution in [2.75, 3.05) is 12.3 Å². The van der Waals surface area contributed by atoms with Crippen molar-refractivity contribution in [3.63, 3.8) is 0 Å². The minimum Gasteiger partial charge on any atom is -0.460 e. The molecule has 0 bridgehead atoms. The largest absolute Gasteiger partial charge is 0.460 e. The van der Waals surface area contributed by atoms with E-state index in [9.17, 15) is 19.3 Å². The predicted octanol–water partition coefficient (Wildman–Crippen LogP) is 1.00. The van der Waals surface area contributed by atoms with Crippen LogP contribution in [-0.2, 0) is 25.7 Å². The molecule has 2 unspecified atom stereocenters. The van der Waals surface area contributed by atoms with Crippen LogP contribution >= 0.6 is 23.1 Å². The van der Waals surface area contributed by atoms with Crippen LogP contribution in [0, 0.1) is 10.3 Å². The van der Waals surface area contributed by atoms with E-state index in [1.165, 1.54) is 34.2 Å². The number of benzene rings is 1. The summed E-state index contributed by atoms with van der Waals surface area (Å²) < 4.78 is 5.31. The number of thioether (sulfide) groups is 1. The number of nitroso groups, excluding NO2 is 1. The number of thiazole rings is 1. The van der Waals surface area contributed by atoms with E-state index in [0.717, 1.165) is 11.3 Å². The maximum atomic E-state index is 12.4. The molecule has 2 amide bonds. The number of amides is 2. The Morgan fingerprint density at radius 1 is 1.35 bits per heavy atom. The van der Waals surface area contributed by atoms with Gasteiger partial charge in [0.15, 0.2) is 5.13 Å². The molecule has 1 aromatic heterocycles. The highest BCUT2D eigenvalue weighted by atomic mass is 32.2. The van der Waals surface area contributed by atoms with Gasteiger partial charge in [0.2, 0.25) is 5.91 Å². The number of esters is 1. The number of nitrogen functional groups attached to an aromatic ring is 1. The number of fused-ring (bicyclic) bond motifs is 1. The van der Waals surface area contributed by atoms with E-state index in [2.05, 4.69) is 15.5 Å². The second kappa shape index (κ2) is 8.43. The molecular weight excluding hydrogens is 444 g/mol. The fraction of sp³-hybridized carbons (Fsp3) is 0.278. The Kier molecular flexibility index (Phi) is 5.69. The summed E-state index contributed by atoms with van der Waals surface area (Å²) in [6.45, 7) is 0.217. The van der Waals surface area contributed by atoms with Gasteiger partial charge < -0.3 is 20.7 Å². The number of carbonyl (C=O) groups excluding carboxylic acids is 3. The van der Waals surface area contributed by atoms with Crippen molar-refractivity contribution < 1.29 is 19.1 Å². The lowest BCUT2D eigenvalue weighted by Crippen LogP contribution is -2.67. The summed E-state index contributed by atoms with van der Waals surface area (Å²) in [6, 6.07) is 5.50. The van der Waals surface area contributed by atoms with Crippen LogP contribution in [0.25, 0.3) is 0 Å². The number of nitrogens with zero attached hydrogens (tertiary/aromatic N) is 3. The number of carbonyl (C=O) groups is 3. The van der Waals surface area contributed by atoms with Crippen LogP contribution in [0.4, 0.5) is 10.8 Å². The van der Waals surface area contributed by atoms with E-state index >= 15 is 0 Å². The minimum atomic E-state index is -0.824. The van der Waals surface area contributed by atoms with Crippen molar-refractivity contribution in [3.05, 3.63) is 45.8 Å². The van der Waals surface area contributed by atoms with Gasteiger partial charge in [0.1, 0.15) is 40.4 Å². The Hall–Kier alpha value is -3.32. The summed E-state index contributed by atoms with van der Waals surface area (Å²) in [6.07, 6.45) is 0. The molecule has 1 aromatic carbocycles. The number of hydrogen-bond acceptors (Lipinski definition) is 11. The third-order valence-corrected chi connectivity index (χ3v) is 6.93. The van der Waals surface area contributed by atoms with Crippen molar-refractivity contribution in [3.8, 4) is 0 Å². The molecule has 2 aliphatic heterocycles. The number of aromatic nitrogens is 1. The van der Waals surface area contributed by atoms with Crippen LogP contribution in [-0.4, -0.2) is 56.6 Å². The summed E-state index contributed by atoms with van der Waals surface area (Å²) in [7, 11) is 0. The Bertz CT molecular complexity index is 1070. The Morgan fingerprint density at radius 3 is 2.74 bits per heavy atom. The first-order chi connectivity index (χ1) is 14.9. The highest BCUT2D eigenvalue weighted by Crippen LogP contribution is 2.40. The molecule has 2 saturated heterocycles. The lowest BCUT2D eigenvalue weighted by atomic mass is 10.1. The topological polar surface area (TPSA) is 168 Å². The number of anilines is 1. The van der Waals surface area contributed by atoms with Crippen LogP contribution < -0.4 is 11.1 Å². The van der Waals surface area contributed by atoms with Gasteiger partial charge in [-0.25, -0.2) is 4.98 Å². The summed E-state index contributed by atoms with van der Waals surface area (Å²) in [4.78, 5) is 52.9. The monoisotopic (exact) mass is 460 g/mol. The molecule has 0 aliphatic carbocycles. The fourth-order valence-electron chi connectivity index (χ4n) is 3.16. The number of nitrogens with one attached hydrogen (secondary N) is 2. The Balaban J connectivity index is 1.30. The maximum Gasteiger partial charge on any atom is 0.321 e. The first kappa shape index (κ1) is 20.9. The molecule has 4 rings (SSSR count). The third kappa shape index (κ3) is 4.14. The molecule has 3 atom stereocenters. The second-order valence-electron chi connectivity index (χ2n) is 6.77. The normalized spacial score (nSPS) is 21.7. The quantitative estimate of drug-likeness (QED) is 0.238. The second-order valence-corrected chi connectivity index (χ2v) is 8.98. The minimum absolute atomic E-state index is 0.0295. The lowest BCUT2D eigenvalue weighted by Gasteiger charge is -2.41. The number of rotatable bonds is 7. The lowest BCUT2D eigenvalue weighted by molar-refractivity contribution is -0.149. The molecular formula is C18H16N6O5S2. The fourth-order valence-corrected chi connectivity index (χ4v) is 5.15. The number of β-lactam (4-membered cyclic amide) rings is 1. The zero-order valence-corrected chi connectivity index (χ0v) is 17.4. The molecule has 0 saturated carbocycles. The van der Waals surface area contributed by atoms with Gasteiger partial charge in [-0.15, -0.1) is 28.0 Å². The van der Waals surface area contributed by atoms with Crippen LogP contribution in [0.3, 0.4) is 0 Å². The van der Waals surface area contributed by atoms with Gasteiger partial charge in [0, 0.05) is 11.9 Å². The molecule has 13 heteroatoms. The first-order valence-electron chi connectivity index (χ1n) is 9.03. The van der Waals surface area contributed by atoms with Crippen LogP contribution in [0.2, 0.25) is 0 Å². The molecule has 0 radical (unpaired) electrons. The predicted molar refractivity (Wildman–Crippen MR) is 114 cm³/mol. The molecule has 2 fully saturated rings. The summed E-state index contributed by atoms with van der Waals surface area (Å²) >= 11 is 2.34. The number of nitrogens with two attached hydrogens (primary N) is 1. The molecule has 2 aliphatic rings. The highest BCUT2D eigenvalue weighted by Gasteiger charge is 2.56.